The van der Waals surface area contributed by atoms with Crippen molar-refractivity contribution >= 4 is 17.3 Å². The molecule has 2 aliphatic heterocycles. The van der Waals surface area contributed by atoms with Gasteiger partial charge in [-0.1, -0.05) is 43.3 Å². The van der Waals surface area contributed by atoms with Gasteiger partial charge in [0.05, 0.1) is 0 Å². The minimum absolute atomic E-state index is 0.0118. The van der Waals surface area contributed by atoms with Crippen LogP contribution in [0, 0.1) is 0 Å². The molecule has 0 unspecified atom stereocenters. The second kappa shape index (κ2) is 4.10. The quantitative estimate of drug-likeness (QED) is 0.802. The van der Waals surface area contributed by atoms with Gasteiger partial charge in [0.25, 0.3) is 0 Å². The maximum Gasteiger partial charge on any atom is 0.225 e. The molecule has 2 heterocycles. The van der Waals surface area contributed by atoms with Gasteiger partial charge >= 0.3 is 0 Å². The van der Waals surface area contributed by atoms with Gasteiger partial charge < -0.3 is 5.32 Å². The molecule has 0 radical (unpaired) electrons. The van der Waals surface area contributed by atoms with Crippen LogP contribution in [0.3, 0.4) is 0 Å². The summed E-state index contributed by atoms with van der Waals surface area (Å²) >= 11 is 0. The summed E-state index contributed by atoms with van der Waals surface area (Å²) in [7, 11) is 0. The Bertz CT molecular complexity index is 740. The highest BCUT2D eigenvalue weighted by Gasteiger charge is 2.50. The first kappa shape index (κ1) is 12.5. The van der Waals surface area contributed by atoms with Crippen LogP contribution in [0.15, 0.2) is 48.5 Å². The number of benzene rings is 2. The molecule has 0 bridgehead atoms. The number of anilines is 2. The van der Waals surface area contributed by atoms with Crippen molar-refractivity contribution in [2.75, 3.05) is 10.2 Å². The van der Waals surface area contributed by atoms with Crippen molar-refractivity contribution in [3.8, 4) is 0 Å². The number of rotatable bonds is 0. The Kier molecular flexibility index (Phi) is 2.43. The SMILES string of the molecule is CC(=O)N1c2ccccc2C[C@@]2(C)c3ccccc3N[C@@H]12. The number of hydrogen-bond acceptors (Lipinski definition) is 2. The Morgan fingerprint density at radius 1 is 1.19 bits per heavy atom. The van der Waals surface area contributed by atoms with Gasteiger partial charge in [0, 0.05) is 23.7 Å². The van der Waals surface area contributed by atoms with Crippen molar-refractivity contribution in [1.82, 2.24) is 0 Å². The number of amides is 1. The molecular weight excluding hydrogens is 260 g/mol. The maximum atomic E-state index is 12.3. The van der Waals surface area contributed by atoms with Crippen LogP contribution in [-0.2, 0) is 16.6 Å². The van der Waals surface area contributed by atoms with Crippen molar-refractivity contribution in [3.63, 3.8) is 0 Å². The van der Waals surface area contributed by atoms with E-state index in [2.05, 4.69) is 42.6 Å². The van der Waals surface area contributed by atoms with Gasteiger partial charge in [0.15, 0.2) is 0 Å². The summed E-state index contributed by atoms with van der Waals surface area (Å²) in [4.78, 5) is 14.2. The molecular formula is C18H18N2O. The largest absolute Gasteiger partial charge is 0.364 e. The van der Waals surface area contributed by atoms with Crippen molar-refractivity contribution in [2.24, 2.45) is 0 Å². The smallest absolute Gasteiger partial charge is 0.225 e. The van der Waals surface area contributed by atoms with Gasteiger partial charge in [0.2, 0.25) is 5.91 Å². The molecule has 21 heavy (non-hydrogen) atoms. The standard InChI is InChI=1S/C18H18N2O/c1-12(21)20-16-10-6-3-7-13(16)11-18(2)14-8-4-5-9-15(14)19-17(18)20/h3-10,17,19H,11H2,1-2H3/t17-,18-/m0/s1. The summed E-state index contributed by atoms with van der Waals surface area (Å²) in [5.41, 5.74) is 4.63. The zero-order valence-electron chi connectivity index (χ0n) is 12.3. The molecule has 106 valence electrons. The number of fused-ring (bicyclic) bond motifs is 4. The van der Waals surface area contributed by atoms with E-state index in [-0.39, 0.29) is 17.5 Å². The minimum Gasteiger partial charge on any atom is -0.364 e. The number of nitrogens with zero attached hydrogens (tertiary/aromatic N) is 1. The van der Waals surface area contributed by atoms with Crippen LogP contribution in [0.4, 0.5) is 11.4 Å². The first-order chi connectivity index (χ1) is 10.1. The molecule has 2 aromatic rings. The molecule has 2 atom stereocenters. The number of para-hydroxylation sites is 2. The van der Waals surface area contributed by atoms with E-state index in [0.717, 1.165) is 17.8 Å². The Morgan fingerprint density at radius 3 is 2.71 bits per heavy atom. The van der Waals surface area contributed by atoms with Crippen LogP contribution in [0.2, 0.25) is 0 Å². The molecule has 2 aliphatic rings. The van der Waals surface area contributed by atoms with Gasteiger partial charge in [-0.25, -0.2) is 0 Å². The van der Waals surface area contributed by atoms with Gasteiger partial charge in [0.1, 0.15) is 6.17 Å². The minimum atomic E-state index is -0.0867. The van der Waals surface area contributed by atoms with E-state index in [4.69, 9.17) is 0 Å². The predicted octanol–water partition coefficient (Wildman–Crippen LogP) is 3.31. The third-order valence-corrected chi connectivity index (χ3v) is 4.84. The van der Waals surface area contributed by atoms with Gasteiger partial charge in [-0.3, -0.25) is 9.69 Å². The Morgan fingerprint density at radius 2 is 1.90 bits per heavy atom. The van der Waals surface area contributed by atoms with Crippen LogP contribution in [0.25, 0.3) is 0 Å². The molecule has 0 aromatic heterocycles. The second-order valence-corrected chi connectivity index (χ2v) is 6.20. The fourth-order valence-electron chi connectivity index (χ4n) is 3.88. The molecule has 0 saturated heterocycles. The summed E-state index contributed by atoms with van der Waals surface area (Å²) < 4.78 is 0. The fraction of sp³-hybridized carbons (Fsp3) is 0.278. The maximum absolute atomic E-state index is 12.3. The van der Waals surface area contributed by atoms with E-state index in [9.17, 15) is 4.79 Å². The molecule has 1 amide bonds. The van der Waals surface area contributed by atoms with Gasteiger partial charge in [-0.15, -0.1) is 0 Å². The average Bonchev–Trinajstić information content (AvgIpc) is 2.76. The first-order valence-corrected chi connectivity index (χ1v) is 7.35. The second-order valence-electron chi connectivity index (χ2n) is 6.20. The van der Waals surface area contributed by atoms with E-state index in [1.165, 1.54) is 11.1 Å². The van der Waals surface area contributed by atoms with Crippen LogP contribution in [0.5, 0.6) is 0 Å². The molecule has 3 nitrogen and oxygen atoms in total. The van der Waals surface area contributed by atoms with Crippen LogP contribution >= 0.6 is 0 Å². The summed E-state index contributed by atoms with van der Waals surface area (Å²) in [6, 6.07) is 16.6. The lowest BCUT2D eigenvalue weighted by Crippen LogP contribution is -2.56. The van der Waals surface area contributed by atoms with Crippen molar-refractivity contribution < 1.29 is 4.79 Å². The lowest BCUT2D eigenvalue weighted by molar-refractivity contribution is -0.117. The summed E-state index contributed by atoms with van der Waals surface area (Å²) in [5, 5.41) is 3.55. The molecule has 1 N–H and O–H groups in total. The van der Waals surface area contributed by atoms with Gasteiger partial charge in [-0.05, 0) is 29.7 Å². The highest BCUT2D eigenvalue weighted by Crippen LogP contribution is 2.49. The van der Waals surface area contributed by atoms with E-state index in [1.54, 1.807) is 6.92 Å². The normalized spacial score (nSPS) is 25.6. The predicted molar refractivity (Wildman–Crippen MR) is 84.5 cm³/mol. The number of carbonyl (C=O) groups excluding carboxylic acids is 1. The topological polar surface area (TPSA) is 32.3 Å². The molecule has 2 aromatic carbocycles. The Hall–Kier alpha value is -2.29. The van der Waals surface area contributed by atoms with Crippen molar-refractivity contribution in [3.05, 3.63) is 59.7 Å². The molecule has 0 saturated carbocycles. The van der Waals surface area contributed by atoms with Crippen LogP contribution in [0.1, 0.15) is 25.0 Å². The van der Waals surface area contributed by atoms with Gasteiger partial charge in [-0.2, -0.15) is 0 Å². The monoisotopic (exact) mass is 278 g/mol. The zero-order valence-corrected chi connectivity index (χ0v) is 12.3. The number of carbonyl (C=O) groups is 1. The third kappa shape index (κ3) is 1.57. The fourth-order valence-corrected chi connectivity index (χ4v) is 3.88. The summed E-state index contributed by atoms with van der Waals surface area (Å²) in [6.07, 6.45) is 0.934. The average molecular weight is 278 g/mol. The highest BCUT2D eigenvalue weighted by molar-refractivity contribution is 5.95. The first-order valence-electron chi connectivity index (χ1n) is 7.35. The summed E-state index contributed by atoms with van der Waals surface area (Å²) in [5.74, 6) is 0.0821. The van der Waals surface area contributed by atoms with E-state index in [1.807, 2.05) is 23.1 Å². The molecule has 4 rings (SSSR count). The van der Waals surface area contributed by atoms with E-state index >= 15 is 0 Å². The van der Waals surface area contributed by atoms with Crippen LogP contribution < -0.4 is 10.2 Å². The molecule has 0 spiro atoms. The van der Waals surface area contributed by atoms with Crippen molar-refractivity contribution in [1.29, 1.82) is 0 Å². The lowest BCUT2D eigenvalue weighted by Gasteiger charge is -2.44. The number of hydrogen-bond donors (Lipinski definition) is 1. The van der Waals surface area contributed by atoms with Crippen molar-refractivity contribution in [2.45, 2.75) is 31.8 Å². The zero-order chi connectivity index (χ0) is 14.6. The molecule has 0 fully saturated rings. The van der Waals surface area contributed by atoms with Crippen LogP contribution in [-0.4, -0.2) is 12.1 Å². The van der Waals surface area contributed by atoms with E-state index < -0.39 is 0 Å². The molecule has 0 aliphatic carbocycles. The summed E-state index contributed by atoms with van der Waals surface area (Å²) in [6.45, 7) is 3.90. The number of nitrogens with one attached hydrogen (secondary N) is 1. The van der Waals surface area contributed by atoms with E-state index in [0.29, 0.717) is 0 Å². The Balaban J connectivity index is 1.94. The highest BCUT2D eigenvalue weighted by atomic mass is 16.2. The molecule has 3 heteroatoms. The Labute approximate surface area is 124 Å². The third-order valence-electron chi connectivity index (χ3n) is 4.84. The lowest BCUT2D eigenvalue weighted by atomic mass is 9.73.